The van der Waals surface area contributed by atoms with Crippen LogP contribution in [0.4, 0.5) is 0 Å². The third-order valence-corrected chi connectivity index (χ3v) is 4.87. The van der Waals surface area contributed by atoms with Gasteiger partial charge in [0.25, 0.3) is 5.91 Å². The molecule has 1 aromatic carbocycles. The number of hydrogen-bond donors (Lipinski definition) is 3. The standard InChI is InChI=1S/C19H24N4O3/c1-12(7-8-20)9-21-10-13-3-2-4-14-15(13)11-23(19(14)26)16-5-6-17(24)22-18(16)25/h2-4,16,21H,1,5-11,20H2,(H,22,24,25). The Kier molecular flexibility index (Phi) is 5.49. The van der Waals surface area contributed by atoms with E-state index in [0.717, 1.165) is 23.1 Å². The van der Waals surface area contributed by atoms with E-state index in [1.54, 1.807) is 11.0 Å². The molecule has 26 heavy (non-hydrogen) atoms. The van der Waals surface area contributed by atoms with Gasteiger partial charge in [-0.15, -0.1) is 0 Å². The van der Waals surface area contributed by atoms with Crippen LogP contribution in [0.2, 0.25) is 0 Å². The number of piperidine rings is 1. The van der Waals surface area contributed by atoms with Gasteiger partial charge in [0, 0.05) is 31.6 Å². The highest BCUT2D eigenvalue weighted by molar-refractivity contribution is 6.05. The molecule has 1 fully saturated rings. The SMILES string of the molecule is C=C(CCN)CNCc1cccc2c1CN(C1CCC(=O)NC1=O)C2=O. The zero-order valence-corrected chi connectivity index (χ0v) is 14.7. The van der Waals surface area contributed by atoms with E-state index in [9.17, 15) is 14.4 Å². The fourth-order valence-corrected chi connectivity index (χ4v) is 3.48. The van der Waals surface area contributed by atoms with Crippen LogP contribution in [0.3, 0.4) is 0 Å². The molecule has 7 nitrogen and oxygen atoms in total. The van der Waals surface area contributed by atoms with Gasteiger partial charge in [0.05, 0.1) is 0 Å². The summed E-state index contributed by atoms with van der Waals surface area (Å²) in [5, 5.41) is 5.65. The summed E-state index contributed by atoms with van der Waals surface area (Å²) in [6, 6.07) is 5.05. The molecule has 7 heteroatoms. The Labute approximate surface area is 152 Å². The Morgan fingerprint density at radius 1 is 1.35 bits per heavy atom. The molecule has 0 radical (unpaired) electrons. The maximum absolute atomic E-state index is 12.8. The van der Waals surface area contributed by atoms with Crippen molar-refractivity contribution in [2.75, 3.05) is 13.1 Å². The fraction of sp³-hybridized carbons (Fsp3) is 0.421. The molecule has 138 valence electrons. The molecular formula is C19H24N4O3. The van der Waals surface area contributed by atoms with Crippen LogP contribution < -0.4 is 16.4 Å². The summed E-state index contributed by atoms with van der Waals surface area (Å²) >= 11 is 0. The molecule has 2 aliphatic rings. The Morgan fingerprint density at radius 2 is 2.15 bits per heavy atom. The van der Waals surface area contributed by atoms with Gasteiger partial charge in [0.2, 0.25) is 11.8 Å². The van der Waals surface area contributed by atoms with Gasteiger partial charge in [-0.25, -0.2) is 0 Å². The van der Waals surface area contributed by atoms with E-state index in [4.69, 9.17) is 5.73 Å². The molecule has 0 saturated carbocycles. The summed E-state index contributed by atoms with van der Waals surface area (Å²) in [6.45, 7) is 6.23. The topological polar surface area (TPSA) is 105 Å². The van der Waals surface area contributed by atoms with E-state index >= 15 is 0 Å². The van der Waals surface area contributed by atoms with Crippen LogP contribution in [0.1, 0.15) is 40.7 Å². The average molecular weight is 356 g/mol. The normalized spacial score (nSPS) is 19.5. The molecule has 2 heterocycles. The molecule has 0 bridgehead atoms. The van der Waals surface area contributed by atoms with Crippen LogP contribution in [0.15, 0.2) is 30.4 Å². The Bertz CT molecular complexity index is 759. The molecular weight excluding hydrogens is 332 g/mol. The van der Waals surface area contributed by atoms with Crippen molar-refractivity contribution in [3.8, 4) is 0 Å². The highest BCUT2D eigenvalue weighted by Crippen LogP contribution is 2.29. The molecule has 3 amide bonds. The van der Waals surface area contributed by atoms with Crippen LogP contribution in [0.25, 0.3) is 0 Å². The molecule has 4 N–H and O–H groups in total. The maximum atomic E-state index is 12.8. The minimum atomic E-state index is -0.585. The third-order valence-electron chi connectivity index (χ3n) is 4.87. The van der Waals surface area contributed by atoms with Crippen LogP contribution in [0, 0.1) is 0 Å². The molecule has 1 unspecified atom stereocenters. The molecule has 3 rings (SSSR count). The molecule has 2 aliphatic heterocycles. The molecule has 0 aromatic heterocycles. The van der Waals surface area contributed by atoms with Gasteiger partial charge in [0.1, 0.15) is 6.04 Å². The highest BCUT2D eigenvalue weighted by atomic mass is 16.2. The number of nitrogens with one attached hydrogen (secondary N) is 2. The molecule has 0 aliphatic carbocycles. The van der Waals surface area contributed by atoms with Crippen molar-refractivity contribution < 1.29 is 14.4 Å². The predicted octanol–water partition coefficient (Wildman–Crippen LogP) is 0.442. The van der Waals surface area contributed by atoms with Crippen LogP contribution in [-0.2, 0) is 22.7 Å². The summed E-state index contributed by atoms with van der Waals surface area (Å²) in [5.41, 5.74) is 9.18. The van der Waals surface area contributed by atoms with Crippen molar-refractivity contribution in [3.63, 3.8) is 0 Å². The smallest absolute Gasteiger partial charge is 0.255 e. The van der Waals surface area contributed by atoms with E-state index in [2.05, 4.69) is 17.2 Å². The monoisotopic (exact) mass is 356 g/mol. The van der Waals surface area contributed by atoms with Gasteiger partial charge in [-0.3, -0.25) is 19.7 Å². The number of rotatable bonds is 7. The second-order valence-electron chi connectivity index (χ2n) is 6.74. The van der Waals surface area contributed by atoms with Gasteiger partial charge in [-0.1, -0.05) is 24.3 Å². The van der Waals surface area contributed by atoms with E-state index in [0.29, 0.717) is 38.2 Å². The quantitative estimate of drug-likeness (QED) is 0.486. The number of hydrogen-bond acceptors (Lipinski definition) is 5. The maximum Gasteiger partial charge on any atom is 0.255 e. The average Bonchev–Trinajstić information content (AvgIpc) is 2.93. The highest BCUT2D eigenvalue weighted by Gasteiger charge is 2.39. The van der Waals surface area contributed by atoms with E-state index < -0.39 is 6.04 Å². The minimum absolute atomic E-state index is 0.149. The summed E-state index contributed by atoms with van der Waals surface area (Å²) in [5.74, 6) is -0.818. The summed E-state index contributed by atoms with van der Waals surface area (Å²) in [6.07, 6.45) is 1.41. The first-order valence-corrected chi connectivity index (χ1v) is 8.84. The van der Waals surface area contributed by atoms with Crippen LogP contribution >= 0.6 is 0 Å². The van der Waals surface area contributed by atoms with Crippen molar-refractivity contribution in [1.29, 1.82) is 0 Å². The largest absolute Gasteiger partial charge is 0.330 e. The predicted molar refractivity (Wildman–Crippen MR) is 97.0 cm³/mol. The molecule has 1 saturated heterocycles. The van der Waals surface area contributed by atoms with Gasteiger partial charge < -0.3 is 16.0 Å². The number of amides is 3. The third kappa shape index (κ3) is 3.68. The number of imide groups is 1. The summed E-state index contributed by atoms with van der Waals surface area (Å²) in [7, 11) is 0. The lowest BCUT2D eigenvalue weighted by Gasteiger charge is -2.29. The molecule has 0 spiro atoms. The number of carbonyl (C=O) groups excluding carboxylic acids is 3. The zero-order valence-electron chi connectivity index (χ0n) is 14.7. The first-order chi connectivity index (χ1) is 12.5. The Balaban J connectivity index is 1.70. The lowest BCUT2D eigenvalue weighted by molar-refractivity contribution is -0.136. The lowest BCUT2D eigenvalue weighted by atomic mass is 10.0. The minimum Gasteiger partial charge on any atom is -0.330 e. The van der Waals surface area contributed by atoms with E-state index in [1.165, 1.54) is 0 Å². The van der Waals surface area contributed by atoms with Crippen LogP contribution in [-0.4, -0.2) is 41.8 Å². The molecule has 1 aromatic rings. The van der Waals surface area contributed by atoms with Gasteiger partial charge >= 0.3 is 0 Å². The van der Waals surface area contributed by atoms with Crippen molar-refractivity contribution in [2.24, 2.45) is 5.73 Å². The van der Waals surface area contributed by atoms with Gasteiger partial charge in [-0.05, 0) is 36.6 Å². The van der Waals surface area contributed by atoms with E-state index in [-0.39, 0.29) is 24.1 Å². The summed E-state index contributed by atoms with van der Waals surface area (Å²) < 4.78 is 0. The van der Waals surface area contributed by atoms with Crippen molar-refractivity contribution in [3.05, 3.63) is 47.0 Å². The second kappa shape index (κ2) is 7.80. The van der Waals surface area contributed by atoms with Gasteiger partial charge in [0.15, 0.2) is 0 Å². The first kappa shape index (κ1) is 18.3. The number of carbonyl (C=O) groups is 3. The Morgan fingerprint density at radius 3 is 2.88 bits per heavy atom. The van der Waals surface area contributed by atoms with Crippen molar-refractivity contribution >= 4 is 17.7 Å². The van der Waals surface area contributed by atoms with Crippen molar-refractivity contribution in [1.82, 2.24) is 15.5 Å². The molecule has 1 atom stereocenters. The number of nitrogens with zero attached hydrogens (tertiary/aromatic N) is 1. The number of fused-ring (bicyclic) bond motifs is 1. The number of nitrogens with two attached hydrogens (primary N) is 1. The number of benzene rings is 1. The first-order valence-electron chi connectivity index (χ1n) is 8.84. The van der Waals surface area contributed by atoms with E-state index in [1.807, 2.05) is 12.1 Å². The second-order valence-corrected chi connectivity index (χ2v) is 6.74. The zero-order chi connectivity index (χ0) is 18.7. The van der Waals surface area contributed by atoms with Gasteiger partial charge in [-0.2, -0.15) is 0 Å². The lowest BCUT2D eigenvalue weighted by Crippen LogP contribution is -2.52. The fourth-order valence-electron chi connectivity index (χ4n) is 3.48. The summed E-state index contributed by atoms with van der Waals surface area (Å²) in [4.78, 5) is 37.8. The van der Waals surface area contributed by atoms with Crippen LogP contribution in [0.5, 0.6) is 0 Å². The Hall–Kier alpha value is -2.51. The van der Waals surface area contributed by atoms with Crippen molar-refractivity contribution in [2.45, 2.75) is 38.4 Å².